The van der Waals surface area contributed by atoms with Crippen molar-refractivity contribution in [3.05, 3.63) is 89.5 Å². The highest BCUT2D eigenvalue weighted by Gasteiger charge is 2.49. The third-order valence-corrected chi connectivity index (χ3v) is 7.94. The monoisotopic (exact) mass is 498 g/mol. The minimum atomic E-state index is -0.183. The molecule has 0 aliphatic heterocycles. The Bertz CT molecular complexity index is 1080. The Morgan fingerprint density at radius 2 is 1.38 bits per heavy atom. The summed E-state index contributed by atoms with van der Waals surface area (Å²) >= 11 is 0. The molecular formula is C34H42O3. The van der Waals surface area contributed by atoms with Crippen LogP contribution in [0.3, 0.4) is 0 Å². The molecule has 2 aromatic rings. The number of allylic oxidation sites excluding steroid dienone is 2. The first kappa shape index (κ1) is 27.0. The summed E-state index contributed by atoms with van der Waals surface area (Å²) in [5, 5.41) is 9.22. The smallest absolute Gasteiger partial charge is 0.333 e. The second-order valence-electron chi connectivity index (χ2n) is 11.7. The number of phenolic OH excluding ortho intramolecular Hbond substituents is 1. The van der Waals surface area contributed by atoms with E-state index in [1.807, 2.05) is 30.4 Å². The van der Waals surface area contributed by atoms with E-state index in [0.717, 1.165) is 23.8 Å². The molecule has 0 amide bonds. The zero-order valence-corrected chi connectivity index (χ0v) is 22.6. The molecule has 6 rings (SSSR count). The van der Waals surface area contributed by atoms with Crippen LogP contribution in [0.15, 0.2) is 72.8 Å². The molecule has 1 N–H and O–H groups in total. The summed E-state index contributed by atoms with van der Waals surface area (Å²) in [6.45, 7) is 9.87. The van der Waals surface area contributed by atoms with Gasteiger partial charge in [-0.05, 0) is 104 Å². The summed E-state index contributed by atoms with van der Waals surface area (Å²) in [5.74, 6) is 3.98. The minimum absolute atomic E-state index is 0.183. The van der Waals surface area contributed by atoms with Crippen LogP contribution < -0.4 is 0 Å². The second kappa shape index (κ2) is 12.4. The van der Waals surface area contributed by atoms with Crippen molar-refractivity contribution in [1.29, 1.82) is 0 Å². The summed E-state index contributed by atoms with van der Waals surface area (Å²) in [6, 6.07) is 15.9. The van der Waals surface area contributed by atoms with Crippen molar-refractivity contribution in [1.82, 2.24) is 0 Å². The standard InChI is InChI=1S/C20H22O.C14H20O2/c1-16(2)15-19-9-7-17(8-10-19)5-3-4-6-18-11-13-20(21)14-12-18;1-8(2)14(15)16-13-11-4-9-3-10(6-11)7-12(13)5-9/h3-14,16,21H,15H2,1-2H3;9-13H,1,3-7H2,2H3. The molecule has 4 fully saturated rings. The Balaban J connectivity index is 0.000000179. The van der Waals surface area contributed by atoms with E-state index in [4.69, 9.17) is 4.74 Å². The van der Waals surface area contributed by atoms with Gasteiger partial charge in [0.1, 0.15) is 11.9 Å². The summed E-state index contributed by atoms with van der Waals surface area (Å²) in [6.07, 6.45) is 16.1. The van der Waals surface area contributed by atoms with Crippen LogP contribution in [0.4, 0.5) is 0 Å². The molecular weight excluding hydrogens is 456 g/mol. The molecule has 4 aliphatic rings. The number of benzene rings is 2. The van der Waals surface area contributed by atoms with E-state index in [1.54, 1.807) is 19.1 Å². The van der Waals surface area contributed by atoms with Crippen molar-refractivity contribution in [2.75, 3.05) is 0 Å². The maximum Gasteiger partial charge on any atom is 0.333 e. The average Bonchev–Trinajstić information content (AvgIpc) is 2.85. The molecule has 4 aliphatic carbocycles. The number of hydrogen-bond acceptors (Lipinski definition) is 3. The molecule has 37 heavy (non-hydrogen) atoms. The van der Waals surface area contributed by atoms with E-state index < -0.39 is 0 Å². The molecule has 196 valence electrons. The van der Waals surface area contributed by atoms with E-state index >= 15 is 0 Å². The molecule has 0 saturated heterocycles. The number of hydrogen-bond donors (Lipinski definition) is 1. The molecule has 0 unspecified atom stereocenters. The molecule has 0 heterocycles. The lowest BCUT2D eigenvalue weighted by Gasteiger charge is -2.53. The number of rotatable bonds is 7. The number of phenols is 1. The second-order valence-corrected chi connectivity index (χ2v) is 11.7. The molecule has 0 aromatic heterocycles. The van der Waals surface area contributed by atoms with Crippen LogP contribution in [0.1, 0.15) is 69.6 Å². The predicted molar refractivity (Wildman–Crippen MR) is 153 cm³/mol. The van der Waals surface area contributed by atoms with Gasteiger partial charge in [-0.25, -0.2) is 4.79 Å². The Morgan fingerprint density at radius 3 is 1.84 bits per heavy atom. The van der Waals surface area contributed by atoms with Gasteiger partial charge < -0.3 is 9.84 Å². The van der Waals surface area contributed by atoms with E-state index in [1.165, 1.54) is 43.2 Å². The minimum Gasteiger partial charge on any atom is -0.508 e. The number of carbonyl (C=O) groups is 1. The lowest BCUT2D eigenvalue weighted by atomic mass is 9.55. The van der Waals surface area contributed by atoms with Crippen LogP contribution in [0.25, 0.3) is 12.2 Å². The highest BCUT2D eigenvalue weighted by Crippen LogP contribution is 2.54. The van der Waals surface area contributed by atoms with Crippen molar-refractivity contribution < 1.29 is 14.6 Å². The highest BCUT2D eigenvalue weighted by molar-refractivity contribution is 5.87. The third-order valence-electron chi connectivity index (χ3n) is 7.94. The average molecular weight is 499 g/mol. The SMILES string of the molecule is C=C(C)C(=O)OC1C2CC3CC(C2)CC1C3.CC(C)Cc1ccc(C=CC=Cc2ccc(O)cc2)cc1. The molecule has 0 spiro atoms. The highest BCUT2D eigenvalue weighted by atomic mass is 16.5. The molecule has 0 radical (unpaired) electrons. The van der Waals surface area contributed by atoms with Gasteiger partial charge in [0.15, 0.2) is 0 Å². The van der Waals surface area contributed by atoms with Crippen molar-refractivity contribution in [2.24, 2.45) is 29.6 Å². The molecule has 2 aromatic carbocycles. The largest absolute Gasteiger partial charge is 0.508 e. The number of esters is 1. The van der Waals surface area contributed by atoms with Crippen molar-refractivity contribution in [3.63, 3.8) is 0 Å². The Morgan fingerprint density at radius 1 is 0.892 bits per heavy atom. The maximum absolute atomic E-state index is 11.6. The zero-order chi connectivity index (χ0) is 26.4. The van der Waals surface area contributed by atoms with Gasteiger partial charge >= 0.3 is 5.97 Å². The van der Waals surface area contributed by atoms with Crippen LogP contribution in [0, 0.1) is 29.6 Å². The summed E-state index contributed by atoms with van der Waals surface area (Å²) < 4.78 is 5.65. The first-order chi connectivity index (χ1) is 17.8. The number of aromatic hydroxyl groups is 1. The van der Waals surface area contributed by atoms with Crippen molar-refractivity contribution >= 4 is 18.1 Å². The van der Waals surface area contributed by atoms with Crippen LogP contribution in [0.5, 0.6) is 5.75 Å². The van der Waals surface area contributed by atoms with Crippen molar-refractivity contribution in [3.8, 4) is 5.75 Å². The van der Waals surface area contributed by atoms with Gasteiger partial charge in [0, 0.05) is 5.57 Å². The first-order valence-corrected chi connectivity index (χ1v) is 13.9. The molecule has 3 heteroatoms. The van der Waals surface area contributed by atoms with E-state index in [-0.39, 0.29) is 12.1 Å². The van der Waals surface area contributed by atoms with E-state index in [0.29, 0.717) is 29.1 Å². The van der Waals surface area contributed by atoms with Crippen LogP contribution >= 0.6 is 0 Å². The number of carbonyl (C=O) groups excluding carboxylic acids is 1. The fourth-order valence-corrected chi connectivity index (χ4v) is 6.45. The quantitative estimate of drug-likeness (QED) is 0.237. The zero-order valence-electron chi connectivity index (χ0n) is 22.6. The van der Waals surface area contributed by atoms with Crippen LogP contribution in [-0.2, 0) is 16.0 Å². The molecule has 4 bridgehead atoms. The van der Waals surface area contributed by atoms with Gasteiger partial charge in [-0.2, -0.15) is 0 Å². The third kappa shape index (κ3) is 7.71. The molecule has 3 nitrogen and oxygen atoms in total. The van der Waals surface area contributed by atoms with Gasteiger partial charge in [0.2, 0.25) is 0 Å². The molecule has 0 atom stereocenters. The summed E-state index contributed by atoms with van der Waals surface area (Å²) in [7, 11) is 0. The Labute approximate surface area is 223 Å². The molecule has 4 saturated carbocycles. The van der Waals surface area contributed by atoms with Gasteiger partial charge in [0.05, 0.1) is 0 Å². The normalized spacial score (nSPS) is 25.9. The lowest BCUT2D eigenvalue weighted by molar-refractivity contribution is -0.166. The first-order valence-electron chi connectivity index (χ1n) is 13.9. The fourth-order valence-electron chi connectivity index (χ4n) is 6.45. The Hall–Kier alpha value is -3.07. The van der Waals surface area contributed by atoms with E-state index in [9.17, 15) is 9.90 Å². The number of ether oxygens (including phenoxy) is 1. The van der Waals surface area contributed by atoms with Gasteiger partial charge in [-0.15, -0.1) is 0 Å². The van der Waals surface area contributed by atoms with Crippen LogP contribution in [0.2, 0.25) is 0 Å². The Kier molecular flexibility index (Phi) is 9.08. The van der Waals surface area contributed by atoms with E-state index in [2.05, 4.69) is 50.8 Å². The van der Waals surface area contributed by atoms with Crippen LogP contribution in [-0.4, -0.2) is 17.2 Å². The summed E-state index contributed by atoms with van der Waals surface area (Å²) in [4.78, 5) is 11.6. The predicted octanol–water partition coefficient (Wildman–Crippen LogP) is 8.25. The van der Waals surface area contributed by atoms with Gasteiger partial charge in [-0.1, -0.05) is 81.1 Å². The van der Waals surface area contributed by atoms with Crippen molar-refractivity contribution in [2.45, 2.75) is 65.4 Å². The lowest BCUT2D eigenvalue weighted by Crippen LogP contribution is -2.50. The van der Waals surface area contributed by atoms with Gasteiger partial charge in [-0.3, -0.25) is 0 Å². The maximum atomic E-state index is 11.6. The summed E-state index contributed by atoms with van der Waals surface area (Å²) in [5.41, 5.74) is 4.21. The fraction of sp³-hybridized carbons (Fsp3) is 0.441. The topological polar surface area (TPSA) is 46.5 Å². The van der Waals surface area contributed by atoms with Gasteiger partial charge in [0.25, 0.3) is 0 Å².